The summed E-state index contributed by atoms with van der Waals surface area (Å²) in [6, 6.07) is 7.08. The molecule has 21 heavy (non-hydrogen) atoms. The number of rotatable bonds is 4. The maximum atomic E-state index is 12.6. The van der Waals surface area contributed by atoms with Gasteiger partial charge < -0.3 is 10.5 Å². The normalized spacial score (nSPS) is 23.9. The van der Waals surface area contributed by atoms with Gasteiger partial charge in [0, 0.05) is 18.7 Å². The summed E-state index contributed by atoms with van der Waals surface area (Å²) >= 11 is 4.98. The van der Waals surface area contributed by atoms with E-state index in [2.05, 4.69) is 0 Å². The van der Waals surface area contributed by atoms with E-state index in [1.54, 1.807) is 24.3 Å². The molecule has 2 N–H and O–H groups in total. The zero-order chi connectivity index (χ0) is 15.6. The Hall–Kier alpha value is -1.02. The molecule has 0 unspecified atom stereocenters. The lowest BCUT2D eigenvalue weighted by Gasteiger charge is -2.34. The second kappa shape index (κ2) is 6.39. The smallest absolute Gasteiger partial charge is 0.218 e. The van der Waals surface area contributed by atoms with Gasteiger partial charge in [0.2, 0.25) is 10.0 Å². The van der Waals surface area contributed by atoms with Crippen LogP contribution in [0.4, 0.5) is 0 Å². The minimum Gasteiger partial charge on any atom is -0.389 e. The number of sulfonamides is 1. The number of morpholine rings is 1. The first-order chi connectivity index (χ1) is 9.79. The van der Waals surface area contributed by atoms with Crippen LogP contribution in [0.3, 0.4) is 0 Å². The van der Waals surface area contributed by atoms with E-state index in [-0.39, 0.29) is 22.9 Å². The molecule has 0 amide bonds. The summed E-state index contributed by atoms with van der Waals surface area (Å²) in [6.07, 6.45) is -0.205. The number of benzene rings is 1. The van der Waals surface area contributed by atoms with Crippen molar-refractivity contribution in [2.24, 2.45) is 5.73 Å². The number of hydrogen-bond donors (Lipinski definition) is 1. The SMILES string of the molecule is C[C@@H]1CN(S(=O)(=O)Cc2ccccc2C(N)=S)C[C@H](C)O1. The van der Waals surface area contributed by atoms with Gasteiger partial charge in [0.1, 0.15) is 4.99 Å². The molecule has 0 saturated carbocycles. The lowest BCUT2D eigenvalue weighted by atomic mass is 10.1. The van der Waals surface area contributed by atoms with Gasteiger partial charge in [-0.25, -0.2) is 8.42 Å². The molecule has 0 aromatic heterocycles. The second-order valence-corrected chi connectivity index (χ2v) is 7.76. The van der Waals surface area contributed by atoms with Crippen LogP contribution in [0, 0.1) is 0 Å². The Balaban J connectivity index is 2.24. The van der Waals surface area contributed by atoms with Crippen molar-refractivity contribution >= 4 is 27.2 Å². The van der Waals surface area contributed by atoms with Crippen LogP contribution < -0.4 is 5.73 Å². The predicted octanol–water partition coefficient (Wildman–Crippen LogP) is 1.26. The summed E-state index contributed by atoms with van der Waals surface area (Å²) < 4.78 is 32.3. The maximum Gasteiger partial charge on any atom is 0.218 e. The average Bonchev–Trinajstić information content (AvgIpc) is 2.37. The first-order valence-electron chi connectivity index (χ1n) is 6.80. The van der Waals surface area contributed by atoms with Crippen LogP contribution in [0.1, 0.15) is 25.0 Å². The van der Waals surface area contributed by atoms with Crippen molar-refractivity contribution in [1.82, 2.24) is 4.31 Å². The van der Waals surface area contributed by atoms with Crippen molar-refractivity contribution in [3.8, 4) is 0 Å². The molecule has 1 heterocycles. The maximum absolute atomic E-state index is 12.6. The third-order valence-electron chi connectivity index (χ3n) is 3.40. The van der Waals surface area contributed by atoms with E-state index >= 15 is 0 Å². The molecule has 0 aliphatic carbocycles. The third kappa shape index (κ3) is 4.00. The van der Waals surface area contributed by atoms with Crippen LogP contribution in [0.25, 0.3) is 0 Å². The highest BCUT2D eigenvalue weighted by atomic mass is 32.2. The van der Waals surface area contributed by atoms with Gasteiger partial charge in [-0.2, -0.15) is 4.31 Å². The number of ether oxygens (including phenoxy) is 1. The molecule has 0 spiro atoms. The zero-order valence-corrected chi connectivity index (χ0v) is 13.8. The van der Waals surface area contributed by atoms with Crippen LogP contribution in [0.15, 0.2) is 24.3 Å². The van der Waals surface area contributed by atoms with E-state index in [1.165, 1.54) is 4.31 Å². The van der Waals surface area contributed by atoms with Crippen molar-refractivity contribution in [2.45, 2.75) is 31.8 Å². The number of nitrogens with two attached hydrogens (primary N) is 1. The molecule has 5 nitrogen and oxygen atoms in total. The molecule has 0 bridgehead atoms. The summed E-state index contributed by atoms with van der Waals surface area (Å²) in [4.78, 5) is 0.213. The highest BCUT2D eigenvalue weighted by Crippen LogP contribution is 2.19. The minimum atomic E-state index is -3.42. The van der Waals surface area contributed by atoms with Gasteiger partial charge in [-0.05, 0) is 19.4 Å². The fourth-order valence-electron chi connectivity index (χ4n) is 2.53. The van der Waals surface area contributed by atoms with Gasteiger partial charge in [0.25, 0.3) is 0 Å². The van der Waals surface area contributed by atoms with Gasteiger partial charge in [0.05, 0.1) is 18.0 Å². The predicted molar refractivity (Wildman–Crippen MR) is 86.5 cm³/mol. The lowest BCUT2D eigenvalue weighted by Crippen LogP contribution is -2.48. The van der Waals surface area contributed by atoms with E-state index in [4.69, 9.17) is 22.7 Å². The molecule has 0 radical (unpaired) electrons. The van der Waals surface area contributed by atoms with E-state index in [1.807, 2.05) is 13.8 Å². The molecule has 1 aliphatic heterocycles. The van der Waals surface area contributed by atoms with Crippen molar-refractivity contribution < 1.29 is 13.2 Å². The van der Waals surface area contributed by atoms with Crippen molar-refractivity contribution in [3.63, 3.8) is 0 Å². The molecule has 1 aromatic carbocycles. The monoisotopic (exact) mass is 328 g/mol. The third-order valence-corrected chi connectivity index (χ3v) is 5.38. The summed E-state index contributed by atoms with van der Waals surface area (Å²) in [5.74, 6) is -0.0973. The van der Waals surface area contributed by atoms with Gasteiger partial charge in [-0.1, -0.05) is 36.5 Å². The second-order valence-electron chi connectivity index (χ2n) is 5.35. The molecule has 2 rings (SSSR count). The summed E-state index contributed by atoms with van der Waals surface area (Å²) in [5, 5.41) is 0. The van der Waals surface area contributed by atoms with Crippen molar-refractivity contribution in [2.75, 3.05) is 13.1 Å². The van der Waals surface area contributed by atoms with Gasteiger partial charge in [0.15, 0.2) is 0 Å². The van der Waals surface area contributed by atoms with Crippen LogP contribution in [0.2, 0.25) is 0 Å². The molecule has 1 aliphatic rings. The molecule has 2 atom stereocenters. The first kappa shape index (κ1) is 16.4. The Bertz CT molecular complexity index is 621. The van der Waals surface area contributed by atoms with Crippen LogP contribution in [0.5, 0.6) is 0 Å². The summed E-state index contributed by atoms with van der Waals surface area (Å²) in [7, 11) is -3.42. The van der Waals surface area contributed by atoms with Gasteiger partial charge in [-0.3, -0.25) is 0 Å². The van der Waals surface area contributed by atoms with E-state index in [0.29, 0.717) is 24.2 Å². The van der Waals surface area contributed by atoms with E-state index < -0.39 is 10.0 Å². The minimum absolute atomic E-state index is 0.0973. The van der Waals surface area contributed by atoms with E-state index in [9.17, 15) is 8.42 Å². The molecular formula is C14H20N2O3S2. The molecule has 1 fully saturated rings. The fraction of sp³-hybridized carbons (Fsp3) is 0.500. The van der Waals surface area contributed by atoms with Crippen LogP contribution in [-0.2, 0) is 20.5 Å². The van der Waals surface area contributed by atoms with Crippen LogP contribution in [-0.4, -0.2) is 43.0 Å². The van der Waals surface area contributed by atoms with Gasteiger partial charge in [-0.15, -0.1) is 0 Å². The standard InChI is InChI=1S/C14H20N2O3S2/c1-10-7-16(8-11(2)19-10)21(17,18)9-12-5-3-4-6-13(12)14(15)20/h3-6,10-11H,7-9H2,1-2H3,(H2,15,20)/t10-,11+. The lowest BCUT2D eigenvalue weighted by molar-refractivity contribution is -0.0441. The average molecular weight is 328 g/mol. The Morgan fingerprint density at radius 3 is 2.48 bits per heavy atom. The molecule has 1 saturated heterocycles. The molecular weight excluding hydrogens is 308 g/mol. The molecule has 116 valence electrons. The largest absolute Gasteiger partial charge is 0.389 e. The van der Waals surface area contributed by atoms with Crippen molar-refractivity contribution in [1.29, 1.82) is 0 Å². The fourth-order valence-corrected chi connectivity index (χ4v) is 4.43. The van der Waals surface area contributed by atoms with E-state index in [0.717, 1.165) is 0 Å². The Kier molecular flexibility index (Phi) is 4.98. The highest BCUT2D eigenvalue weighted by Gasteiger charge is 2.31. The summed E-state index contributed by atoms with van der Waals surface area (Å²) in [6.45, 7) is 4.51. The van der Waals surface area contributed by atoms with Crippen molar-refractivity contribution in [3.05, 3.63) is 35.4 Å². The Morgan fingerprint density at radius 1 is 1.33 bits per heavy atom. The highest BCUT2D eigenvalue weighted by molar-refractivity contribution is 7.88. The summed E-state index contributed by atoms with van der Waals surface area (Å²) in [5.41, 5.74) is 6.91. The Morgan fingerprint density at radius 2 is 1.90 bits per heavy atom. The Labute approximate surface area is 131 Å². The van der Waals surface area contributed by atoms with Gasteiger partial charge >= 0.3 is 0 Å². The number of thiocarbonyl (C=S) groups is 1. The molecule has 7 heteroatoms. The number of nitrogens with zero attached hydrogens (tertiary/aromatic N) is 1. The number of hydrogen-bond acceptors (Lipinski definition) is 4. The van der Waals surface area contributed by atoms with Crippen LogP contribution >= 0.6 is 12.2 Å². The molecule has 1 aromatic rings. The topological polar surface area (TPSA) is 72.6 Å². The first-order valence-corrected chi connectivity index (χ1v) is 8.82. The quantitative estimate of drug-likeness (QED) is 0.843. The zero-order valence-electron chi connectivity index (χ0n) is 12.2.